The van der Waals surface area contributed by atoms with Gasteiger partial charge >= 0.3 is 6.01 Å². The predicted octanol–water partition coefficient (Wildman–Crippen LogP) is 3.80. The molecule has 2 heterocycles. The zero-order chi connectivity index (χ0) is 18.9. The molecule has 1 aromatic heterocycles. The smallest absolute Gasteiger partial charge is 0.322 e. The lowest BCUT2D eigenvalue weighted by Crippen LogP contribution is -2.14. The van der Waals surface area contributed by atoms with Gasteiger partial charge in [0.05, 0.1) is 6.42 Å². The van der Waals surface area contributed by atoms with Gasteiger partial charge in [-0.1, -0.05) is 47.6 Å². The molecular weight excluding hydrogens is 358 g/mol. The summed E-state index contributed by atoms with van der Waals surface area (Å²) in [6.07, 6.45) is 0.215. The van der Waals surface area contributed by atoms with E-state index in [9.17, 15) is 4.79 Å². The van der Waals surface area contributed by atoms with Crippen LogP contribution < -0.4 is 14.8 Å². The third-order valence-corrected chi connectivity index (χ3v) is 4.47. The minimum absolute atomic E-state index is 0.0541. The van der Waals surface area contributed by atoms with Gasteiger partial charge in [-0.2, -0.15) is 0 Å². The maximum Gasteiger partial charge on any atom is 0.322 e. The summed E-state index contributed by atoms with van der Waals surface area (Å²) in [6, 6.07) is 19.3. The van der Waals surface area contributed by atoms with Crippen molar-refractivity contribution in [1.29, 1.82) is 0 Å². The molecule has 28 heavy (non-hydrogen) atoms. The molecule has 7 heteroatoms. The molecule has 7 nitrogen and oxygen atoms in total. The van der Waals surface area contributed by atoms with Gasteiger partial charge in [0.15, 0.2) is 11.5 Å². The van der Waals surface area contributed by atoms with Crippen LogP contribution in [0.3, 0.4) is 0 Å². The van der Waals surface area contributed by atoms with E-state index >= 15 is 0 Å². The van der Waals surface area contributed by atoms with E-state index in [4.69, 9.17) is 13.9 Å². The van der Waals surface area contributed by atoms with Gasteiger partial charge in [-0.3, -0.25) is 10.1 Å². The van der Waals surface area contributed by atoms with Crippen LogP contribution in [0.25, 0.3) is 22.2 Å². The highest BCUT2D eigenvalue weighted by Crippen LogP contribution is 2.35. The number of anilines is 1. The molecule has 0 atom stereocenters. The van der Waals surface area contributed by atoms with Crippen molar-refractivity contribution in [3.63, 3.8) is 0 Å². The number of carbonyl (C=O) groups is 1. The third kappa shape index (κ3) is 3.14. The zero-order valence-corrected chi connectivity index (χ0v) is 14.7. The molecule has 4 aromatic rings. The molecule has 3 aromatic carbocycles. The Morgan fingerprint density at radius 3 is 2.71 bits per heavy atom. The molecule has 0 saturated carbocycles. The van der Waals surface area contributed by atoms with Gasteiger partial charge < -0.3 is 13.9 Å². The topological polar surface area (TPSA) is 86.5 Å². The maximum atomic E-state index is 12.3. The second-order valence-electron chi connectivity index (χ2n) is 6.39. The van der Waals surface area contributed by atoms with Crippen molar-refractivity contribution in [3.05, 3.63) is 66.2 Å². The summed E-state index contributed by atoms with van der Waals surface area (Å²) in [4.78, 5) is 12.3. The lowest BCUT2D eigenvalue weighted by atomic mass is 10.1. The first-order valence-electron chi connectivity index (χ1n) is 8.76. The number of hydrogen-bond acceptors (Lipinski definition) is 6. The van der Waals surface area contributed by atoms with Crippen LogP contribution in [0.1, 0.15) is 5.56 Å². The number of benzene rings is 3. The van der Waals surface area contributed by atoms with E-state index in [1.165, 1.54) is 0 Å². The number of amides is 1. The van der Waals surface area contributed by atoms with E-state index in [-0.39, 0.29) is 25.1 Å². The molecule has 1 aliphatic rings. The number of hydrogen-bond donors (Lipinski definition) is 1. The highest BCUT2D eigenvalue weighted by molar-refractivity contribution is 5.91. The second-order valence-corrected chi connectivity index (χ2v) is 6.39. The molecule has 138 valence electrons. The van der Waals surface area contributed by atoms with Crippen LogP contribution in [-0.4, -0.2) is 22.9 Å². The highest BCUT2D eigenvalue weighted by Gasteiger charge is 2.17. The first kappa shape index (κ1) is 16.3. The molecule has 0 aliphatic carbocycles. The number of rotatable bonds is 4. The summed E-state index contributed by atoms with van der Waals surface area (Å²) in [5, 5.41) is 12.8. The average Bonchev–Trinajstić information content (AvgIpc) is 3.36. The van der Waals surface area contributed by atoms with Crippen LogP contribution >= 0.6 is 0 Å². The summed E-state index contributed by atoms with van der Waals surface area (Å²) >= 11 is 0. The number of nitrogens with one attached hydrogen (secondary N) is 1. The first-order chi connectivity index (χ1) is 13.7. The van der Waals surface area contributed by atoms with Crippen LogP contribution in [-0.2, 0) is 11.2 Å². The Labute approximate surface area is 159 Å². The van der Waals surface area contributed by atoms with Gasteiger partial charge in [0.1, 0.15) is 0 Å². The zero-order valence-electron chi connectivity index (χ0n) is 14.7. The lowest BCUT2D eigenvalue weighted by Gasteiger charge is -2.03. The van der Waals surface area contributed by atoms with E-state index in [1.54, 1.807) is 18.2 Å². The molecule has 0 unspecified atom stereocenters. The molecular formula is C21H15N3O4. The third-order valence-electron chi connectivity index (χ3n) is 4.47. The monoisotopic (exact) mass is 373 g/mol. The predicted molar refractivity (Wildman–Crippen MR) is 102 cm³/mol. The van der Waals surface area contributed by atoms with E-state index in [0.29, 0.717) is 23.0 Å². The molecule has 5 rings (SSSR count). The number of carbonyl (C=O) groups excluding carboxylic acids is 1. The van der Waals surface area contributed by atoms with Crippen molar-refractivity contribution < 1.29 is 18.7 Å². The summed E-state index contributed by atoms with van der Waals surface area (Å²) in [5.41, 5.74) is 1.60. The van der Waals surface area contributed by atoms with Crippen LogP contribution in [0.15, 0.2) is 65.1 Å². The highest BCUT2D eigenvalue weighted by atomic mass is 16.7. The molecule has 0 spiro atoms. The molecule has 1 aliphatic heterocycles. The van der Waals surface area contributed by atoms with Gasteiger partial charge in [0.2, 0.25) is 18.6 Å². The van der Waals surface area contributed by atoms with E-state index in [1.807, 2.05) is 42.5 Å². The molecule has 0 bridgehead atoms. The number of aromatic nitrogens is 2. The maximum absolute atomic E-state index is 12.3. The minimum atomic E-state index is -0.226. The molecule has 1 N–H and O–H groups in total. The van der Waals surface area contributed by atoms with Gasteiger partial charge in [0, 0.05) is 5.56 Å². The van der Waals surface area contributed by atoms with Gasteiger partial charge in [-0.05, 0) is 34.5 Å². The normalized spacial score (nSPS) is 12.3. The molecule has 0 radical (unpaired) electrons. The Balaban J connectivity index is 1.29. The fraction of sp³-hybridized carbons (Fsp3) is 0.0952. The van der Waals surface area contributed by atoms with Crippen molar-refractivity contribution in [2.75, 3.05) is 12.1 Å². The van der Waals surface area contributed by atoms with Gasteiger partial charge in [0.25, 0.3) is 0 Å². The van der Waals surface area contributed by atoms with Crippen LogP contribution in [0.4, 0.5) is 6.01 Å². The van der Waals surface area contributed by atoms with Gasteiger partial charge in [-0.15, -0.1) is 5.10 Å². The number of fused-ring (bicyclic) bond motifs is 2. The SMILES string of the molecule is O=C(Cc1ccc2ccccc2c1)Nc1nnc(-c2ccc3c(c2)OCO3)o1. The Kier molecular flexibility index (Phi) is 3.90. The van der Waals surface area contributed by atoms with E-state index < -0.39 is 0 Å². The molecule has 1 amide bonds. The summed E-state index contributed by atoms with van der Waals surface area (Å²) < 4.78 is 16.2. The fourth-order valence-electron chi connectivity index (χ4n) is 3.12. The Morgan fingerprint density at radius 1 is 0.929 bits per heavy atom. The lowest BCUT2D eigenvalue weighted by molar-refractivity contribution is -0.115. The van der Waals surface area contributed by atoms with Crippen molar-refractivity contribution in [3.8, 4) is 23.0 Å². The fourth-order valence-corrected chi connectivity index (χ4v) is 3.12. The Hall–Kier alpha value is -3.87. The van der Waals surface area contributed by atoms with Crippen molar-refractivity contribution in [2.24, 2.45) is 0 Å². The van der Waals surface area contributed by atoms with E-state index in [0.717, 1.165) is 16.3 Å². The van der Waals surface area contributed by atoms with Gasteiger partial charge in [-0.25, -0.2) is 0 Å². The molecule has 0 saturated heterocycles. The first-order valence-corrected chi connectivity index (χ1v) is 8.76. The summed E-state index contributed by atoms with van der Waals surface area (Å²) in [5.74, 6) is 1.36. The minimum Gasteiger partial charge on any atom is -0.454 e. The quantitative estimate of drug-likeness (QED) is 0.586. The average molecular weight is 373 g/mol. The van der Waals surface area contributed by atoms with Crippen LogP contribution in [0.5, 0.6) is 11.5 Å². The van der Waals surface area contributed by atoms with Crippen LogP contribution in [0, 0.1) is 0 Å². The standard InChI is InChI=1S/C21H15N3O4/c25-19(10-13-5-6-14-3-1-2-4-15(14)9-13)22-21-24-23-20(28-21)16-7-8-17-18(11-16)27-12-26-17/h1-9,11H,10,12H2,(H,22,24,25). The number of nitrogens with zero attached hydrogens (tertiary/aromatic N) is 2. The largest absolute Gasteiger partial charge is 0.454 e. The molecule has 0 fully saturated rings. The Bertz CT molecular complexity index is 1190. The second kappa shape index (κ2) is 6.70. The van der Waals surface area contributed by atoms with Crippen molar-refractivity contribution in [1.82, 2.24) is 10.2 Å². The Morgan fingerprint density at radius 2 is 1.79 bits per heavy atom. The van der Waals surface area contributed by atoms with E-state index in [2.05, 4.69) is 15.5 Å². The van der Waals surface area contributed by atoms with Crippen LogP contribution in [0.2, 0.25) is 0 Å². The summed E-state index contributed by atoms with van der Waals surface area (Å²) in [6.45, 7) is 0.193. The van der Waals surface area contributed by atoms with Crippen molar-refractivity contribution in [2.45, 2.75) is 6.42 Å². The number of ether oxygens (including phenoxy) is 2. The summed E-state index contributed by atoms with van der Waals surface area (Å²) in [7, 11) is 0. The van der Waals surface area contributed by atoms with Crippen molar-refractivity contribution >= 4 is 22.7 Å².